The number of hydrogen-bond acceptors (Lipinski definition) is 3. The van der Waals surface area contributed by atoms with Crippen molar-refractivity contribution >= 4 is 0 Å². The smallest absolute Gasteiger partial charge is 0.124 e. The van der Waals surface area contributed by atoms with Gasteiger partial charge in [-0.2, -0.15) is 0 Å². The Morgan fingerprint density at radius 2 is 1.61 bits per heavy atom. The average molecular weight is 251 g/mol. The van der Waals surface area contributed by atoms with Gasteiger partial charge in [-0.15, -0.1) is 0 Å². The summed E-state index contributed by atoms with van der Waals surface area (Å²) in [7, 11) is 5.66. The molecule has 0 aliphatic rings. The lowest BCUT2D eigenvalue weighted by molar-refractivity contribution is -0.00320. The van der Waals surface area contributed by atoms with E-state index < -0.39 is 5.60 Å². The van der Waals surface area contributed by atoms with Crippen molar-refractivity contribution in [3.63, 3.8) is 0 Å². The third kappa shape index (κ3) is 3.03. The average Bonchev–Trinajstić information content (AvgIpc) is 2.13. The lowest BCUT2D eigenvalue weighted by atomic mass is 9.89. The third-order valence-electron chi connectivity index (χ3n) is 3.19. The highest BCUT2D eigenvalue weighted by Crippen LogP contribution is 2.34. The molecule has 1 aromatic carbocycles. The summed E-state index contributed by atoms with van der Waals surface area (Å²) in [6, 6.07) is 4.14. The molecule has 0 aliphatic heterocycles. The van der Waals surface area contributed by atoms with E-state index in [1.165, 1.54) is 0 Å². The van der Waals surface area contributed by atoms with Crippen LogP contribution in [0.25, 0.3) is 0 Å². The molecule has 3 nitrogen and oxygen atoms in total. The molecule has 1 atom stereocenters. The maximum atomic E-state index is 10.3. The summed E-state index contributed by atoms with van der Waals surface area (Å²) < 4.78 is 5.38. The maximum Gasteiger partial charge on any atom is 0.124 e. The number of hydrogen-bond donors (Lipinski definition) is 1. The summed E-state index contributed by atoms with van der Waals surface area (Å²) in [5, 5.41) is 10.3. The number of methoxy groups -OCH3 is 1. The zero-order valence-corrected chi connectivity index (χ0v) is 12.5. The van der Waals surface area contributed by atoms with Crippen LogP contribution in [0.2, 0.25) is 0 Å². The fourth-order valence-electron chi connectivity index (χ4n) is 2.80. The summed E-state index contributed by atoms with van der Waals surface area (Å²) >= 11 is 0. The lowest BCUT2D eigenvalue weighted by Gasteiger charge is -2.35. The molecular formula is C15H25NO2. The summed E-state index contributed by atoms with van der Waals surface area (Å²) in [4.78, 5) is 2.04. The number of rotatable bonds is 4. The molecule has 18 heavy (non-hydrogen) atoms. The van der Waals surface area contributed by atoms with Crippen molar-refractivity contribution in [2.24, 2.45) is 0 Å². The van der Waals surface area contributed by atoms with Crippen molar-refractivity contribution in [2.75, 3.05) is 21.2 Å². The van der Waals surface area contributed by atoms with Gasteiger partial charge in [0.1, 0.15) is 5.75 Å². The molecule has 0 aromatic heterocycles. The summed E-state index contributed by atoms with van der Waals surface area (Å²) in [6.07, 6.45) is 0. The first-order valence-electron chi connectivity index (χ1n) is 6.22. The first-order chi connectivity index (χ1) is 8.18. The van der Waals surface area contributed by atoms with Crippen LogP contribution in [0, 0.1) is 13.8 Å². The Morgan fingerprint density at radius 3 is 1.89 bits per heavy atom. The maximum absolute atomic E-state index is 10.3. The molecule has 1 aromatic rings. The minimum absolute atomic E-state index is 0.0409. The van der Waals surface area contributed by atoms with Gasteiger partial charge in [0.2, 0.25) is 0 Å². The Balaban J connectivity index is 3.31. The second-order valence-electron chi connectivity index (χ2n) is 5.71. The Kier molecular flexibility index (Phi) is 4.41. The van der Waals surface area contributed by atoms with Crippen LogP contribution in [-0.4, -0.2) is 36.8 Å². The van der Waals surface area contributed by atoms with E-state index in [1.807, 2.05) is 46.7 Å². The van der Waals surface area contributed by atoms with Crippen LogP contribution < -0.4 is 4.74 Å². The van der Waals surface area contributed by atoms with Gasteiger partial charge in [-0.25, -0.2) is 0 Å². The molecule has 0 saturated heterocycles. The predicted octanol–water partition coefficient (Wildman–Crippen LogP) is 2.69. The van der Waals surface area contributed by atoms with E-state index in [4.69, 9.17) is 4.74 Å². The zero-order chi connectivity index (χ0) is 14.1. The van der Waals surface area contributed by atoms with Crippen molar-refractivity contribution < 1.29 is 9.84 Å². The molecular weight excluding hydrogens is 226 g/mol. The first-order valence-corrected chi connectivity index (χ1v) is 6.22. The Hall–Kier alpha value is -1.06. The van der Waals surface area contributed by atoms with Gasteiger partial charge in [0, 0.05) is 0 Å². The molecule has 102 valence electrons. The standard InChI is InChI=1S/C15H25NO2/c1-10-8-12(9-11(2)13(10)18-7)14(16(5)6)15(3,4)17/h8-9,14,17H,1-7H3. The van der Waals surface area contributed by atoms with Crippen molar-refractivity contribution in [3.8, 4) is 5.75 Å². The van der Waals surface area contributed by atoms with E-state index in [0.29, 0.717) is 0 Å². The fourth-order valence-corrected chi connectivity index (χ4v) is 2.80. The van der Waals surface area contributed by atoms with Crippen LogP contribution in [0.3, 0.4) is 0 Å². The van der Waals surface area contributed by atoms with Crippen molar-refractivity contribution in [1.82, 2.24) is 4.90 Å². The molecule has 0 amide bonds. The molecule has 0 spiro atoms. The molecule has 1 unspecified atom stereocenters. The van der Waals surface area contributed by atoms with Crippen LogP contribution in [0.15, 0.2) is 12.1 Å². The van der Waals surface area contributed by atoms with Gasteiger partial charge in [0.15, 0.2) is 0 Å². The summed E-state index contributed by atoms with van der Waals surface area (Å²) in [5.41, 5.74) is 2.52. The lowest BCUT2D eigenvalue weighted by Crippen LogP contribution is -2.38. The Labute approximate surface area is 110 Å². The van der Waals surface area contributed by atoms with Gasteiger partial charge in [0.05, 0.1) is 18.8 Å². The van der Waals surface area contributed by atoms with E-state index in [2.05, 4.69) is 12.1 Å². The van der Waals surface area contributed by atoms with Gasteiger partial charge < -0.3 is 9.84 Å². The van der Waals surface area contributed by atoms with E-state index >= 15 is 0 Å². The number of nitrogens with zero attached hydrogens (tertiary/aromatic N) is 1. The number of aliphatic hydroxyl groups is 1. The second-order valence-corrected chi connectivity index (χ2v) is 5.71. The van der Waals surface area contributed by atoms with Gasteiger partial charge in [-0.05, 0) is 58.5 Å². The van der Waals surface area contributed by atoms with Crippen LogP contribution in [-0.2, 0) is 0 Å². The molecule has 3 heteroatoms. The van der Waals surface area contributed by atoms with Crippen molar-refractivity contribution in [3.05, 3.63) is 28.8 Å². The molecule has 0 saturated carbocycles. The highest BCUT2D eigenvalue weighted by atomic mass is 16.5. The highest BCUT2D eigenvalue weighted by Gasteiger charge is 2.30. The quantitative estimate of drug-likeness (QED) is 0.893. The fraction of sp³-hybridized carbons (Fsp3) is 0.600. The summed E-state index contributed by atoms with van der Waals surface area (Å²) in [5.74, 6) is 0.923. The van der Waals surface area contributed by atoms with Gasteiger partial charge in [0.25, 0.3) is 0 Å². The van der Waals surface area contributed by atoms with Crippen molar-refractivity contribution in [1.29, 1.82) is 0 Å². The normalized spacial score (nSPS) is 13.8. The largest absolute Gasteiger partial charge is 0.496 e. The topological polar surface area (TPSA) is 32.7 Å². The van der Waals surface area contributed by atoms with Crippen LogP contribution >= 0.6 is 0 Å². The van der Waals surface area contributed by atoms with Crippen molar-refractivity contribution in [2.45, 2.75) is 39.3 Å². The molecule has 0 fully saturated rings. The third-order valence-corrected chi connectivity index (χ3v) is 3.19. The minimum Gasteiger partial charge on any atom is -0.496 e. The summed E-state index contributed by atoms with van der Waals surface area (Å²) in [6.45, 7) is 7.75. The predicted molar refractivity (Wildman–Crippen MR) is 75.2 cm³/mol. The van der Waals surface area contributed by atoms with Crippen LogP contribution in [0.4, 0.5) is 0 Å². The molecule has 0 heterocycles. The van der Waals surface area contributed by atoms with Crippen LogP contribution in [0.1, 0.15) is 36.6 Å². The molecule has 0 aliphatic carbocycles. The Bertz CT molecular complexity index is 396. The van der Waals surface area contributed by atoms with E-state index in [0.717, 1.165) is 22.4 Å². The SMILES string of the molecule is COc1c(C)cc(C(N(C)C)C(C)(C)O)cc1C. The number of ether oxygens (including phenoxy) is 1. The first kappa shape index (κ1) is 15.0. The number of likely N-dealkylation sites (N-methyl/N-ethyl adjacent to an activating group) is 1. The second kappa shape index (κ2) is 5.29. The number of aryl methyl sites for hydroxylation is 2. The number of benzene rings is 1. The zero-order valence-electron chi connectivity index (χ0n) is 12.5. The highest BCUT2D eigenvalue weighted by molar-refractivity contribution is 5.44. The monoisotopic (exact) mass is 251 g/mol. The van der Waals surface area contributed by atoms with Gasteiger partial charge in [-0.1, -0.05) is 12.1 Å². The molecule has 0 bridgehead atoms. The van der Waals surface area contributed by atoms with E-state index in [-0.39, 0.29) is 6.04 Å². The minimum atomic E-state index is -0.795. The molecule has 1 N–H and O–H groups in total. The molecule has 0 radical (unpaired) electrons. The van der Waals surface area contributed by atoms with Crippen LogP contribution in [0.5, 0.6) is 5.75 Å². The van der Waals surface area contributed by atoms with E-state index in [1.54, 1.807) is 7.11 Å². The van der Waals surface area contributed by atoms with Gasteiger partial charge >= 0.3 is 0 Å². The van der Waals surface area contributed by atoms with E-state index in [9.17, 15) is 5.11 Å². The van der Waals surface area contributed by atoms with Gasteiger partial charge in [-0.3, -0.25) is 4.90 Å². The Morgan fingerprint density at radius 1 is 1.17 bits per heavy atom. The molecule has 1 rings (SSSR count).